The highest BCUT2D eigenvalue weighted by Crippen LogP contribution is 2.44. The number of carbonyl (C=O) groups is 2. The van der Waals surface area contributed by atoms with Gasteiger partial charge in [0, 0.05) is 15.7 Å². The first-order valence-electron chi connectivity index (χ1n) is 7.24. The molecule has 3 rings (SSSR count). The van der Waals surface area contributed by atoms with Crippen molar-refractivity contribution in [3.8, 4) is 0 Å². The normalized spacial score (nSPS) is 40.6. The van der Waals surface area contributed by atoms with E-state index in [1.165, 1.54) is 6.42 Å². The van der Waals surface area contributed by atoms with E-state index < -0.39 is 0 Å². The van der Waals surface area contributed by atoms with Gasteiger partial charge in [0.2, 0.25) is 11.8 Å². The Morgan fingerprint density at radius 2 is 1.32 bits per heavy atom. The zero-order valence-electron chi connectivity index (χ0n) is 10.9. The van der Waals surface area contributed by atoms with Crippen molar-refractivity contribution in [3.05, 3.63) is 0 Å². The minimum Gasteiger partial charge on any atom is -0.279 e. The zero-order chi connectivity index (χ0) is 13.6. The van der Waals surface area contributed by atoms with Crippen molar-refractivity contribution in [3.63, 3.8) is 0 Å². The van der Waals surface area contributed by atoms with Crippen molar-refractivity contribution in [2.75, 3.05) is 0 Å². The summed E-state index contributed by atoms with van der Waals surface area (Å²) in [6, 6.07) is 0.182. The van der Waals surface area contributed by atoms with E-state index in [1.54, 1.807) is 4.90 Å². The lowest BCUT2D eigenvalue weighted by Crippen LogP contribution is -2.41. The molecule has 19 heavy (non-hydrogen) atoms. The maximum absolute atomic E-state index is 12.6. The SMILES string of the molecule is O=C1[C@@H]2C[C@H](Br)[C@@H](Br)C[C@H]2C(=O)N1C1CCCCC1. The average molecular weight is 393 g/mol. The summed E-state index contributed by atoms with van der Waals surface area (Å²) >= 11 is 7.25. The largest absolute Gasteiger partial charge is 0.279 e. The number of carbonyl (C=O) groups excluding carboxylic acids is 2. The van der Waals surface area contributed by atoms with Crippen molar-refractivity contribution < 1.29 is 9.59 Å². The van der Waals surface area contributed by atoms with Gasteiger partial charge in [-0.15, -0.1) is 0 Å². The molecule has 0 aromatic rings. The van der Waals surface area contributed by atoms with Gasteiger partial charge in [-0.3, -0.25) is 14.5 Å². The van der Waals surface area contributed by atoms with Gasteiger partial charge in [-0.05, 0) is 25.7 Å². The molecular formula is C14H19Br2NO2. The van der Waals surface area contributed by atoms with Crippen LogP contribution in [-0.4, -0.2) is 32.4 Å². The quantitative estimate of drug-likeness (QED) is 0.507. The maximum atomic E-state index is 12.6. The second-order valence-corrected chi connectivity index (χ2v) is 8.41. The van der Waals surface area contributed by atoms with E-state index in [-0.39, 0.29) is 29.7 Å². The van der Waals surface area contributed by atoms with Crippen molar-refractivity contribution in [1.82, 2.24) is 4.90 Å². The first-order valence-corrected chi connectivity index (χ1v) is 9.07. The lowest BCUT2D eigenvalue weighted by Gasteiger charge is -2.29. The Balaban J connectivity index is 1.80. The van der Waals surface area contributed by atoms with E-state index >= 15 is 0 Å². The third-order valence-corrected chi connectivity index (χ3v) is 7.62. The van der Waals surface area contributed by atoms with Crippen LogP contribution in [0.4, 0.5) is 0 Å². The molecule has 0 spiro atoms. The minimum absolute atomic E-state index is 0.0763. The van der Waals surface area contributed by atoms with Crippen molar-refractivity contribution in [1.29, 1.82) is 0 Å². The van der Waals surface area contributed by atoms with Gasteiger partial charge in [-0.2, -0.15) is 0 Å². The molecule has 1 aliphatic heterocycles. The number of nitrogens with zero attached hydrogens (tertiary/aromatic N) is 1. The van der Waals surface area contributed by atoms with Crippen LogP contribution in [0.25, 0.3) is 0 Å². The monoisotopic (exact) mass is 391 g/mol. The molecule has 2 saturated carbocycles. The smallest absolute Gasteiger partial charge is 0.233 e. The van der Waals surface area contributed by atoms with E-state index in [0.717, 1.165) is 38.5 Å². The molecule has 0 aromatic heterocycles. The van der Waals surface area contributed by atoms with Crippen molar-refractivity contribution in [2.24, 2.45) is 11.8 Å². The number of halogens is 2. The lowest BCUT2D eigenvalue weighted by molar-refractivity contribution is -0.143. The molecule has 4 atom stereocenters. The molecule has 0 unspecified atom stereocenters. The van der Waals surface area contributed by atoms with E-state index in [0.29, 0.717) is 9.65 Å². The molecule has 0 radical (unpaired) electrons. The molecule has 106 valence electrons. The van der Waals surface area contributed by atoms with Gasteiger partial charge < -0.3 is 0 Å². The fourth-order valence-electron chi connectivity index (χ4n) is 3.82. The van der Waals surface area contributed by atoms with E-state index in [2.05, 4.69) is 31.9 Å². The molecule has 1 heterocycles. The van der Waals surface area contributed by atoms with Crippen LogP contribution >= 0.6 is 31.9 Å². The molecule has 0 N–H and O–H groups in total. The molecule has 2 amide bonds. The third-order valence-electron chi connectivity index (χ3n) is 4.89. The Hall–Kier alpha value is 0.1000. The Bertz CT molecular complexity index is 367. The number of imide groups is 1. The van der Waals surface area contributed by atoms with Gasteiger partial charge in [-0.1, -0.05) is 51.1 Å². The molecular weight excluding hydrogens is 374 g/mol. The first kappa shape index (κ1) is 14.1. The predicted molar refractivity (Wildman–Crippen MR) is 80.4 cm³/mol. The predicted octanol–water partition coefficient (Wildman–Crippen LogP) is 3.24. The average Bonchev–Trinajstić information content (AvgIpc) is 2.64. The van der Waals surface area contributed by atoms with Crippen molar-refractivity contribution in [2.45, 2.75) is 60.6 Å². The van der Waals surface area contributed by atoms with Crippen LogP contribution in [0, 0.1) is 11.8 Å². The second kappa shape index (κ2) is 5.47. The van der Waals surface area contributed by atoms with Crippen LogP contribution in [0.2, 0.25) is 0 Å². The highest BCUT2D eigenvalue weighted by Gasteiger charge is 2.53. The molecule has 0 bridgehead atoms. The summed E-state index contributed by atoms with van der Waals surface area (Å²) in [5, 5.41) is 0. The first-order chi connectivity index (χ1) is 9.09. The Kier molecular flexibility index (Phi) is 4.05. The van der Waals surface area contributed by atoms with Crippen molar-refractivity contribution >= 4 is 43.7 Å². The Labute approximate surface area is 130 Å². The Morgan fingerprint density at radius 3 is 1.79 bits per heavy atom. The van der Waals surface area contributed by atoms with E-state index in [9.17, 15) is 9.59 Å². The molecule has 3 aliphatic rings. The molecule has 3 nitrogen and oxygen atoms in total. The highest BCUT2D eigenvalue weighted by molar-refractivity contribution is 9.12. The van der Waals surface area contributed by atoms with Crippen LogP contribution in [0.15, 0.2) is 0 Å². The van der Waals surface area contributed by atoms with Gasteiger partial charge in [0.15, 0.2) is 0 Å². The molecule has 0 aromatic carbocycles. The Morgan fingerprint density at radius 1 is 0.842 bits per heavy atom. The van der Waals surface area contributed by atoms with Crippen LogP contribution in [-0.2, 0) is 9.59 Å². The van der Waals surface area contributed by atoms with Crippen LogP contribution < -0.4 is 0 Å². The minimum atomic E-state index is -0.0763. The number of likely N-dealkylation sites (tertiary alicyclic amines) is 1. The van der Waals surface area contributed by atoms with Gasteiger partial charge >= 0.3 is 0 Å². The number of fused-ring (bicyclic) bond motifs is 1. The molecule has 1 saturated heterocycles. The summed E-state index contributed by atoms with van der Waals surface area (Å²) in [7, 11) is 0. The molecule has 2 aliphatic carbocycles. The number of amides is 2. The summed E-state index contributed by atoms with van der Waals surface area (Å²) in [5.74, 6) is 0.0525. The topological polar surface area (TPSA) is 37.4 Å². The van der Waals surface area contributed by atoms with Crippen LogP contribution in [0.1, 0.15) is 44.9 Å². The third kappa shape index (κ3) is 2.41. The van der Waals surface area contributed by atoms with Gasteiger partial charge in [0.1, 0.15) is 0 Å². The summed E-state index contributed by atoms with van der Waals surface area (Å²) in [4.78, 5) is 27.4. The number of hydrogen-bond donors (Lipinski definition) is 0. The lowest BCUT2D eigenvalue weighted by atomic mass is 9.81. The van der Waals surface area contributed by atoms with Gasteiger partial charge in [0.05, 0.1) is 11.8 Å². The van der Waals surface area contributed by atoms with E-state index in [4.69, 9.17) is 0 Å². The fraction of sp³-hybridized carbons (Fsp3) is 0.857. The number of alkyl halides is 2. The van der Waals surface area contributed by atoms with Crippen LogP contribution in [0.5, 0.6) is 0 Å². The fourth-order valence-corrected chi connectivity index (χ4v) is 5.06. The highest BCUT2D eigenvalue weighted by atomic mass is 79.9. The summed E-state index contributed by atoms with van der Waals surface area (Å²) in [5.41, 5.74) is 0. The van der Waals surface area contributed by atoms with Gasteiger partial charge in [0.25, 0.3) is 0 Å². The van der Waals surface area contributed by atoms with Gasteiger partial charge in [-0.25, -0.2) is 0 Å². The molecule has 3 fully saturated rings. The number of hydrogen-bond acceptors (Lipinski definition) is 2. The summed E-state index contributed by atoms with van der Waals surface area (Å²) in [6.45, 7) is 0. The summed E-state index contributed by atoms with van der Waals surface area (Å²) < 4.78 is 0. The standard InChI is InChI=1S/C14H19Br2NO2/c15-11-6-9-10(7-12(11)16)14(19)17(13(9)18)8-4-2-1-3-5-8/h8-12H,1-7H2/t9-,10-,11+,12+/m1/s1. The van der Waals surface area contributed by atoms with Crippen LogP contribution in [0.3, 0.4) is 0 Å². The number of rotatable bonds is 1. The van der Waals surface area contributed by atoms with E-state index in [1.807, 2.05) is 0 Å². The second-order valence-electron chi connectivity index (χ2n) is 6.05. The molecule has 5 heteroatoms. The summed E-state index contributed by atoms with van der Waals surface area (Å²) in [6.07, 6.45) is 7.13. The zero-order valence-corrected chi connectivity index (χ0v) is 14.0. The maximum Gasteiger partial charge on any atom is 0.233 e.